The first kappa shape index (κ1) is 23.4. The third-order valence-electron chi connectivity index (χ3n) is 6.54. The van der Waals surface area contributed by atoms with Gasteiger partial charge in [-0.2, -0.15) is 0 Å². The molecule has 3 aromatic rings. The maximum absolute atomic E-state index is 14.3. The summed E-state index contributed by atoms with van der Waals surface area (Å²) in [6.07, 6.45) is 7.42. The molecule has 0 aliphatic heterocycles. The topological polar surface area (TPSA) is 92.7 Å². The van der Waals surface area contributed by atoms with Gasteiger partial charge in [0.2, 0.25) is 0 Å². The summed E-state index contributed by atoms with van der Waals surface area (Å²) in [7, 11) is 1.79. The van der Waals surface area contributed by atoms with E-state index in [4.69, 9.17) is 0 Å². The zero-order chi connectivity index (χ0) is 23.5. The number of rotatable bonds is 10. The Labute approximate surface area is 197 Å². The third-order valence-corrected chi connectivity index (χ3v) is 7.62. The minimum atomic E-state index is -0.526. The predicted octanol–water partition coefficient (Wildman–Crippen LogP) is 4.17. The van der Waals surface area contributed by atoms with Crippen LogP contribution in [-0.4, -0.2) is 45.1 Å². The maximum Gasteiger partial charge on any atom is 0.152 e. The highest BCUT2D eigenvalue weighted by Gasteiger charge is 2.41. The molecule has 33 heavy (non-hydrogen) atoms. The van der Waals surface area contributed by atoms with Crippen LogP contribution in [0, 0.1) is 5.82 Å². The molecule has 0 bridgehead atoms. The van der Waals surface area contributed by atoms with Crippen LogP contribution in [0.25, 0.3) is 10.7 Å². The molecule has 174 valence electrons. The molecule has 0 amide bonds. The highest BCUT2D eigenvalue weighted by atomic mass is 32.1. The summed E-state index contributed by atoms with van der Waals surface area (Å²) in [5, 5.41) is 15.7. The summed E-state index contributed by atoms with van der Waals surface area (Å²) in [6, 6.07) is 6.83. The quantitative estimate of drug-likeness (QED) is 0.461. The number of thiazole rings is 1. The fourth-order valence-electron chi connectivity index (χ4n) is 3.91. The fraction of sp³-hybridized carbons (Fsp3) is 0.458. The monoisotopic (exact) mass is 468 g/mol. The molecule has 0 saturated heterocycles. The molecule has 0 atom stereocenters. The van der Waals surface area contributed by atoms with E-state index in [0.717, 1.165) is 29.1 Å². The normalized spacial score (nSPS) is 15.2. The van der Waals surface area contributed by atoms with Crippen LogP contribution in [0.5, 0.6) is 0 Å². The van der Waals surface area contributed by atoms with Crippen LogP contribution in [0.3, 0.4) is 0 Å². The first-order valence-corrected chi connectivity index (χ1v) is 12.0. The lowest BCUT2D eigenvalue weighted by Crippen LogP contribution is -2.44. The van der Waals surface area contributed by atoms with Crippen LogP contribution in [0.4, 0.5) is 10.2 Å². The number of carbonyl (C=O) groups is 1. The Kier molecular flexibility index (Phi) is 6.81. The van der Waals surface area contributed by atoms with Crippen molar-refractivity contribution in [3.05, 3.63) is 53.0 Å². The third kappa shape index (κ3) is 5.09. The molecule has 2 N–H and O–H groups in total. The van der Waals surface area contributed by atoms with Gasteiger partial charge in [-0.25, -0.2) is 9.37 Å². The van der Waals surface area contributed by atoms with Crippen molar-refractivity contribution in [2.45, 2.75) is 56.9 Å². The molecule has 9 heteroatoms. The molecule has 4 rings (SSSR count). The number of likely N-dealkylation sites (N-methyl/N-ethyl adjacent to an activating group) is 1. The highest BCUT2D eigenvalue weighted by molar-refractivity contribution is 7.15. The minimum absolute atomic E-state index is 0.171. The Hall–Kier alpha value is -2.78. The van der Waals surface area contributed by atoms with Crippen LogP contribution in [0.15, 0.2) is 36.7 Å². The number of hydrogen-bond acceptors (Lipinski definition) is 8. The van der Waals surface area contributed by atoms with E-state index in [-0.39, 0.29) is 17.0 Å². The summed E-state index contributed by atoms with van der Waals surface area (Å²) in [5.41, 5.74) is 0.394. The number of nitrogens with zero attached hydrogens (tertiary/aromatic N) is 4. The van der Waals surface area contributed by atoms with E-state index >= 15 is 0 Å². The molecule has 1 fully saturated rings. The van der Waals surface area contributed by atoms with Crippen molar-refractivity contribution in [1.29, 1.82) is 0 Å². The van der Waals surface area contributed by atoms with Crippen molar-refractivity contribution < 1.29 is 9.18 Å². The number of anilines is 1. The van der Waals surface area contributed by atoms with Gasteiger partial charge in [-0.1, -0.05) is 6.42 Å². The van der Waals surface area contributed by atoms with Gasteiger partial charge in [0.05, 0.1) is 11.2 Å². The standard InChI is InChI=1S/C24H29FN6OS/c1-23(2,26-3)19(32)9-7-16-14-28-22(33-16)18-8-10-20(31-30-18)29-15-24(11-5-12-24)21-17(25)6-4-13-27-21/h4,6,8,10,13-14,26H,5,7,9,11-12,15H2,1-3H3,(H,29,31). The second kappa shape index (κ2) is 9.61. The average molecular weight is 469 g/mol. The van der Waals surface area contributed by atoms with Gasteiger partial charge in [-0.3, -0.25) is 9.78 Å². The zero-order valence-corrected chi connectivity index (χ0v) is 20.0. The van der Waals surface area contributed by atoms with Crippen molar-refractivity contribution >= 4 is 22.9 Å². The molecule has 3 heterocycles. The Morgan fingerprint density at radius 2 is 2.03 bits per heavy atom. The Balaban J connectivity index is 1.36. The fourth-order valence-corrected chi connectivity index (χ4v) is 4.78. The smallest absolute Gasteiger partial charge is 0.152 e. The van der Waals surface area contributed by atoms with E-state index in [1.807, 2.05) is 26.0 Å². The second-order valence-corrected chi connectivity index (χ2v) is 10.2. The van der Waals surface area contributed by atoms with Gasteiger partial charge >= 0.3 is 0 Å². The highest BCUT2D eigenvalue weighted by Crippen LogP contribution is 2.43. The van der Waals surface area contributed by atoms with E-state index in [2.05, 4.69) is 30.8 Å². The van der Waals surface area contributed by atoms with Gasteiger partial charge in [-0.15, -0.1) is 21.5 Å². The number of ketones is 1. The van der Waals surface area contributed by atoms with Gasteiger partial charge in [0.1, 0.15) is 22.3 Å². The molecule has 1 aliphatic carbocycles. The van der Waals surface area contributed by atoms with Crippen molar-refractivity contribution in [1.82, 2.24) is 25.5 Å². The number of pyridine rings is 1. The second-order valence-electron chi connectivity index (χ2n) is 9.05. The number of aromatic nitrogens is 4. The van der Waals surface area contributed by atoms with Gasteiger partial charge in [0.25, 0.3) is 0 Å². The van der Waals surface area contributed by atoms with E-state index < -0.39 is 5.54 Å². The SMILES string of the molecule is CNC(C)(C)C(=O)CCc1cnc(-c2ccc(NCC3(c4ncccc4F)CCC3)nn2)s1. The van der Waals surface area contributed by atoms with Gasteiger partial charge in [0.15, 0.2) is 5.78 Å². The molecule has 0 unspecified atom stereocenters. The number of nitrogens with one attached hydrogen (secondary N) is 2. The Morgan fingerprint density at radius 3 is 2.67 bits per heavy atom. The van der Waals surface area contributed by atoms with Gasteiger partial charge in [-0.05, 0) is 64.4 Å². The summed E-state index contributed by atoms with van der Waals surface area (Å²) in [6.45, 7) is 4.34. The van der Waals surface area contributed by atoms with Gasteiger partial charge in [0, 0.05) is 35.7 Å². The molecular formula is C24H29FN6OS. The molecule has 1 saturated carbocycles. The predicted molar refractivity (Wildman–Crippen MR) is 128 cm³/mol. The first-order chi connectivity index (χ1) is 15.8. The van der Waals surface area contributed by atoms with Crippen molar-refractivity contribution in [2.24, 2.45) is 0 Å². The lowest BCUT2D eigenvalue weighted by molar-refractivity contribution is -0.124. The zero-order valence-electron chi connectivity index (χ0n) is 19.2. The molecule has 7 nitrogen and oxygen atoms in total. The van der Waals surface area contributed by atoms with Gasteiger partial charge < -0.3 is 10.6 Å². The van der Waals surface area contributed by atoms with Crippen LogP contribution < -0.4 is 10.6 Å². The summed E-state index contributed by atoms with van der Waals surface area (Å²) >= 11 is 1.52. The molecule has 0 spiro atoms. The van der Waals surface area contributed by atoms with Crippen LogP contribution >= 0.6 is 11.3 Å². The van der Waals surface area contributed by atoms with Crippen molar-refractivity contribution in [3.63, 3.8) is 0 Å². The summed E-state index contributed by atoms with van der Waals surface area (Å²) in [4.78, 5) is 22.1. The van der Waals surface area contributed by atoms with E-state index in [0.29, 0.717) is 36.6 Å². The van der Waals surface area contributed by atoms with Crippen LogP contribution in [0.1, 0.15) is 50.1 Å². The lowest BCUT2D eigenvalue weighted by atomic mass is 9.66. The number of carbonyl (C=O) groups excluding carboxylic acids is 1. The number of halogens is 1. The molecule has 1 aliphatic rings. The summed E-state index contributed by atoms with van der Waals surface area (Å²) < 4.78 is 14.3. The molecule has 0 aromatic carbocycles. The maximum atomic E-state index is 14.3. The van der Waals surface area contributed by atoms with E-state index in [9.17, 15) is 9.18 Å². The largest absolute Gasteiger partial charge is 0.368 e. The minimum Gasteiger partial charge on any atom is -0.368 e. The summed E-state index contributed by atoms with van der Waals surface area (Å²) in [5.74, 6) is 0.555. The van der Waals surface area contributed by atoms with Crippen LogP contribution in [-0.2, 0) is 16.6 Å². The van der Waals surface area contributed by atoms with E-state index in [1.54, 1.807) is 25.5 Å². The number of Topliss-reactive ketones (excluding diaryl/α,β-unsaturated/α-hetero) is 1. The first-order valence-electron chi connectivity index (χ1n) is 11.2. The van der Waals surface area contributed by atoms with Crippen molar-refractivity contribution in [3.8, 4) is 10.7 Å². The average Bonchev–Trinajstić information content (AvgIpc) is 3.27. The lowest BCUT2D eigenvalue weighted by Gasteiger charge is -2.41. The molecule has 3 aromatic heterocycles. The van der Waals surface area contributed by atoms with E-state index in [1.165, 1.54) is 17.4 Å². The Bertz CT molecular complexity index is 1110. The number of aryl methyl sites for hydroxylation is 1. The Morgan fingerprint density at radius 1 is 1.21 bits per heavy atom. The van der Waals surface area contributed by atoms with Crippen molar-refractivity contribution in [2.75, 3.05) is 18.9 Å². The molecular weight excluding hydrogens is 439 g/mol. The van der Waals surface area contributed by atoms with Crippen LogP contribution in [0.2, 0.25) is 0 Å². The number of hydrogen-bond donors (Lipinski definition) is 2. The molecule has 0 radical (unpaired) electrons.